The first-order valence-electron chi connectivity index (χ1n) is 7.31. The number of piperidine rings is 1. The fraction of sp³-hybridized carbons (Fsp3) is 0.733. The molecule has 2 heterocycles. The SMILES string of the molecule is CCOC1CCN(c2cc(Br)nc(C(C)(C)C)n2)CC1. The lowest BCUT2D eigenvalue weighted by atomic mass is 9.96. The molecule has 0 N–H and O–H groups in total. The average molecular weight is 342 g/mol. The third-order valence-corrected chi connectivity index (χ3v) is 3.93. The molecule has 1 aromatic heterocycles. The fourth-order valence-corrected chi connectivity index (χ4v) is 2.76. The number of hydrogen-bond acceptors (Lipinski definition) is 4. The molecule has 0 radical (unpaired) electrons. The molecule has 0 aromatic carbocycles. The number of aromatic nitrogens is 2. The predicted molar refractivity (Wildman–Crippen MR) is 85.3 cm³/mol. The minimum absolute atomic E-state index is 0.0395. The van der Waals surface area contributed by atoms with Gasteiger partial charge in [-0.2, -0.15) is 0 Å². The van der Waals surface area contributed by atoms with Gasteiger partial charge < -0.3 is 9.64 Å². The maximum Gasteiger partial charge on any atom is 0.137 e. The second-order valence-corrected chi connectivity index (χ2v) is 7.08. The fourth-order valence-electron chi connectivity index (χ4n) is 2.39. The number of anilines is 1. The highest BCUT2D eigenvalue weighted by Crippen LogP contribution is 2.26. The highest BCUT2D eigenvalue weighted by molar-refractivity contribution is 9.10. The maximum atomic E-state index is 5.70. The molecular weight excluding hydrogens is 318 g/mol. The van der Waals surface area contributed by atoms with E-state index in [9.17, 15) is 0 Å². The molecule has 0 aliphatic carbocycles. The lowest BCUT2D eigenvalue weighted by molar-refractivity contribution is 0.0458. The molecule has 4 nitrogen and oxygen atoms in total. The summed E-state index contributed by atoms with van der Waals surface area (Å²) in [5.41, 5.74) is -0.0395. The summed E-state index contributed by atoms with van der Waals surface area (Å²) in [5.74, 6) is 1.90. The van der Waals surface area contributed by atoms with E-state index in [1.165, 1.54) is 0 Å². The molecule has 1 saturated heterocycles. The molecule has 0 unspecified atom stereocenters. The van der Waals surface area contributed by atoms with Crippen LogP contribution in [0, 0.1) is 0 Å². The van der Waals surface area contributed by atoms with Crippen LogP contribution in [0.5, 0.6) is 0 Å². The van der Waals surface area contributed by atoms with E-state index in [0.29, 0.717) is 6.10 Å². The molecule has 0 amide bonds. The highest BCUT2D eigenvalue weighted by Gasteiger charge is 2.23. The topological polar surface area (TPSA) is 38.2 Å². The molecule has 2 rings (SSSR count). The summed E-state index contributed by atoms with van der Waals surface area (Å²) in [6, 6.07) is 2.01. The van der Waals surface area contributed by atoms with Gasteiger partial charge in [-0.15, -0.1) is 0 Å². The van der Waals surface area contributed by atoms with Crippen molar-refractivity contribution in [2.75, 3.05) is 24.6 Å². The van der Waals surface area contributed by atoms with Crippen molar-refractivity contribution in [3.8, 4) is 0 Å². The molecule has 1 aromatic rings. The van der Waals surface area contributed by atoms with Gasteiger partial charge in [0, 0.05) is 31.2 Å². The number of halogens is 1. The Morgan fingerprint density at radius 3 is 2.50 bits per heavy atom. The van der Waals surface area contributed by atoms with E-state index in [2.05, 4.69) is 53.5 Å². The van der Waals surface area contributed by atoms with Crippen LogP contribution in [0.3, 0.4) is 0 Å². The zero-order valence-corrected chi connectivity index (χ0v) is 14.4. The number of hydrogen-bond donors (Lipinski definition) is 0. The third kappa shape index (κ3) is 3.92. The molecule has 0 atom stereocenters. The van der Waals surface area contributed by atoms with Crippen molar-refractivity contribution in [2.45, 2.75) is 52.1 Å². The van der Waals surface area contributed by atoms with Crippen LogP contribution in [0.25, 0.3) is 0 Å². The van der Waals surface area contributed by atoms with Gasteiger partial charge in [0.15, 0.2) is 0 Å². The first-order chi connectivity index (χ1) is 9.40. The second-order valence-electron chi connectivity index (χ2n) is 6.26. The van der Waals surface area contributed by atoms with Gasteiger partial charge in [0.2, 0.25) is 0 Å². The molecule has 1 fully saturated rings. The van der Waals surface area contributed by atoms with E-state index in [4.69, 9.17) is 9.72 Å². The minimum atomic E-state index is -0.0395. The Morgan fingerprint density at radius 1 is 1.30 bits per heavy atom. The van der Waals surface area contributed by atoms with E-state index in [1.54, 1.807) is 0 Å². The van der Waals surface area contributed by atoms with Crippen LogP contribution in [-0.2, 0) is 10.2 Å². The zero-order chi connectivity index (χ0) is 14.8. The van der Waals surface area contributed by atoms with E-state index < -0.39 is 0 Å². The lowest BCUT2D eigenvalue weighted by Gasteiger charge is -2.33. The molecule has 5 heteroatoms. The molecule has 1 aliphatic rings. The van der Waals surface area contributed by atoms with Crippen LogP contribution in [0.2, 0.25) is 0 Å². The monoisotopic (exact) mass is 341 g/mol. The van der Waals surface area contributed by atoms with Gasteiger partial charge in [-0.1, -0.05) is 20.8 Å². The standard InChI is InChI=1S/C15H24BrN3O/c1-5-20-11-6-8-19(9-7-11)13-10-12(16)17-14(18-13)15(2,3)4/h10-11H,5-9H2,1-4H3. The van der Waals surface area contributed by atoms with Crippen LogP contribution >= 0.6 is 15.9 Å². The van der Waals surface area contributed by atoms with Crippen LogP contribution < -0.4 is 4.90 Å². The number of nitrogens with zero attached hydrogens (tertiary/aromatic N) is 3. The van der Waals surface area contributed by atoms with Gasteiger partial charge >= 0.3 is 0 Å². The summed E-state index contributed by atoms with van der Waals surface area (Å²) in [7, 11) is 0. The molecule has 0 bridgehead atoms. The Hall–Kier alpha value is -0.680. The Morgan fingerprint density at radius 2 is 1.95 bits per heavy atom. The van der Waals surface area contributed by atoms with Crippen molar-refractivity contribution in [2.24, 2.45) is 0 Å². The van der Waals surface area contributed by atoms with E-state index in [-0.39, 0.29) is 5.41 Å². The highest BCUT2D eigenvalue weighted by atomic mass is 79.9. The summed E-state index contributed by atoms with van der Waals surface area (Å²) in [6.07, 6.45) is 2.55. The molecule has 112 valence electrons. The van der Waals surface area contributed by atoms with Crippen LogP contribution in [-0.4, -0.2) is 35.8 Å². The summed E-state index contributed by atoms with van der Waals surface area (Å²) in [6.45, 7) is 11.3. The molecule has 0 saturated carbocycles. The Labute approximate surface area is 130 Å². The quantitative estimate of drug-likeness (QED) is 0.788. The molecule has 1 aliphatic heterocycles. The van der Waals surface area contributed by atoms with Gasteiger partial charge in [0.25, 0.3) is 0 Å². The predicted octanol–water partition coefficient (Wildman–Crippen LogP) is 3.54. The summed E-state index contributed by atoms with van der Waals surface area (Å²) in [5, 5.41) is 0. The average Bonchev–Trinajstić information content (AvgIpc) is 2.38. The van der Waals surface area contributed by atoms with Gasteiger partial charge in [-0.25, -0.2) is 9.97 Å². The minimum Gasteiger partial charge on any atom is -0.378 e. The first-order valence-corrected chi connectivity index (χ1v) is 8.11. The van der Waals surface area contributed by atoms with Crippen LogP contribution in [0.15, 0.2) is 10.7 Å². The summed E-state index contributed by atoms with van der Waals surface area (Å²) in [4.78, 5) is 11.6. The second kappa shape index (κ2) is 6.39. The van der Waals surface area contributed by atoms with Crippen molar-refractivity contribution in [3.05, 3.63) is 16.5 Å². The molecule has 0 spiro atoms. The molecule has 20 heavy (non-hydrogen) atoms. The maximum absolute atomic E-state index is 5.70. The normalized spacial score (nSPS) is 17.6. The van der Waals surface area contributed by atoms with Crippen LogP contribution in [0.4, 0.5) is 5.82 Å². The first kappa shape index (κ1) is 15.7. The third-order valence-electron chi connectivity index (χ3n) is 3.52. The number of ether oxygens (including phenoxy) is 1. The summed E-state index contributed by atoms with van der Waals surface area (Å²) >= 11 is 3.51. The van der Waals surface area contributed by atoms with Crippen molar-refractivity contribution >= 4 is 21.7 Å². The smallest absolute Gasteiger partial charge is 0.137 e. The number of rotatable bonds is 3. The molecular formula is C15H24BrN3O. The van der Waals surface area contributed by atoms with E-state index >= 15 is 0 Å². The van der Waals surface area contributed by atoms with Crippen molar-refractivity contribution in [3.63, 3.8) is 0 Å². The Kier molecular flexibility index (Phi) is 5.02. The van der Waals surface area contributed by atoms with Gasteiger partial charge in [-0.3, -0.25) is 0 Å². The van der Waals surface area contributed by atoms with Crippen molar-refractivity contribution in [1.29, 1.82) is 0 Å². The van der Waals surface area contributed by atoms with E-state index in [0.717, 1.165) is 48.8 Å². The van der Waals surface area contributed by atoms with Crippen molar-refractivity contribution in [1.82, 2.24) is 9.97 Å². The van der Waals surface area contributed by atoms with E-state index in [1.807, 2.05) is 6.07 Å². The van der Waals surface area contributed by atoms with Crippen LogP contribution in [0.1, 0.15) is 46.4 Å². The Balaban J connectivity index is 2.12. The lowest BCUT2D eigenvalue weighted by Crippen LogP contribution is -2.38. The van der Waals surface area contributed by atoms with Gasteiger partial charge in [0.05, 0.1) is 6.10 Å². The summed E-state index contributed by atoms with van der Waals surface area (Å²) < 4.78 is 6.56. The van der Waals surface area contributed by atoms with Crippen molar-refractivity contribution < 1.29 is 4.74 Å². The Bertz CT molecular complexity index is 451. The van der Waals surface area contributed by atoms with Gasteiger partial charge in [-0.05, 0) is 35.7 Å². The van der Waals surface area contributed by atoms with Gasteiger partial charge in [0.1, 0.15) is 16.2 Å². The zero-order valence-electron chi connectivity index (χ0n) is 12.8. The largest absolute Gasteiger partial charge is 0.378 e.